The molecule has 0 aliphatic carbocycles. The summed E-state index contributed by atoms with van der Waals surface area (Å²) < 4.78 is 6.32. The number of furan rings is 1. The first kappa shape index (κ1) is 21.4. The highest BCUT2D eigenvalue weighted by molar-refractivity contribution is 5.92. The van der Waals surface area contributed by atoms with Gasteiger partial charge in [-0.1, -0.05) is 12.1 Å². The van der Waals surface area contributed by atoms with Gasteiger partial charge < -0.3 is 20.0 Å². The average molecular weight is 463 g/mol. The molecule has 0 saturated carbocycles. The molecule has 35 heavy (non-hydrogen) atoms. The smallest absolute Gasteiger partial charge is 0.139 e. The normalized spacial score (nSPS) is 14.4. The van der Waals surface area contributed by atoms with Crippen LogP contribution in [0.3, 0.4) is 0 Å². The minimum atomic E-state index is 0.468. The molecule has 0 atom stereocenters. The standard InChI is InChI=1S/C28H26N6O/c1-18-22-6-7-32-25(22)5-4-24(18)33-28-21(14-29)15-31-16-23(28)27-13-20-3-2-19(12-26(20)35-27)17-34-10-8-30-9-11-34/h2-7,12-13,15-16,30,32H,8-11,17H2,1H3,(H,31,33). The molecule has 5 aromatic rings. The summed E-state index contributed by atoms with van der Waals surface area (Å²) in [7, 11) is 0. The fourth-order valence-corrected chi connectivity index (χ4v) is 4.85. The van der Waals surface area contributed by atoms with Gasteiger partial charge in [-0.2, -0.15) is 5.26 Å². The number of hydrogen-bond acceptors (Lipinski definition) is 6. The quantitative estimate of drug-likeness (QED) is 0.328. The highest BCUT2D eigenvalue weighted by Crippen LogP contribution is 2.37. The van der Waals surface area contributed by atoms with E-state index in [1.165, 1.54) is 5.56 Å². The molecule has 2 aromatic carbocycles. The van der Waals surface area contributed by atoms with Gasteiger partial charge in [0, 0.05) is 73.3 Å². The molecule has 4 heterocycles. The van der Waals surface area contributed by atoms with E-state index in [0.29, 0.717) is 17.0 Å². The lowest BCUT2D eigenvalue weighted by molar-refractivity contribution is 0.233. The van der Waals surface area contributed by atoms with E-state index in [4.69, 9.17) is 4.42 Å². The second kappa shape index (κ2) is 8.91. The van der Waals surface area contributed by atoms with Crippen molar-refractivity contribution in [2.75, 3.05) is 31.5 Å². The molecule has 3 aromatic heterocycles. The van der Waals surface area contributed by atoms with Crippen LogP contribution >= 0.6 is 0 Å². The Kier molecular flexibility index (Phi) is 5.45. The van der Waals surface area contributed by atoms with Crippen molar-refractivity contribution in [1.29, 1.82) is 5.26 Å². The van der Waals surface area contributed by atoms with E-state index in [1.54, 1.807) is 12.4 Å². The fraction of sp³-hybridized carbons (Fsp3) is 0.214. The van der Waals surface area contributed by atoms with E-state index in [2.05, 4.69) is 62.8 Å². The molecule has 3 N–H and O–H groups in total. The van der Waals surface area contributed by atoms with Gasteiger partial charge in [-0.3, -0.25) is 9.88 Å². The van der Waals surface area contributed by atoms with Crippen LogP contribution in [0.25, 0.3) is 33.2 Å². The number of hydrogen-bond donors (Lipinski definition) is 3. The van der Waals surface area contributed by atoms with E-state index in [1.807, 2.05) is 24.4 Å². The second-order valence-corrected chi connectivity index (χ2v) is 9.03. The number of nitriles is 1. The lowest BCUT2D eigenvalue weighted by Gasteiger charge is -2.27. The Morgan fingerprint density at radius 1 is 1.11 bits per heavy atom. The molecule has 7 heteroatoms. The van der Waals surface area contributed by atoms with Crippen molar-refractivity contribution in [3.63, 3.8) is 0 Å². The molecule has 1 aliphatic heterocycles. The molecular weight excluding hydrogens is 436 g/mol. The van der Waals surface area contributed by atoms with Crippen LogP contribution < -0.4 is 10.6 Å². The maximum atomic E-state index is 9.83. The first-order chi connectivity index (χ1) is 17.2. The van der Waals surface area contributed by atoms with Gasteiger partial charge in [0.2, 0.25) is 0 Å². The molecule has 1 aliphatic rings. The number of fused-ring (bicyclic) bond motifs is 2. The number of anilines is 2. The summed E-state index contributed by atoms with van der Waals surface area (Å²) in [5.41, 5.74) is 7.13. The zero-order valence-electron chi connectivity index (χ0n) is 19.6. The van der Waals surface area contributed by atoms with Crippen molar-refractivity contribution in [2.24, 2.45) is 0 Å². The molecule has 0 bridgehead atoms. The van der Waals surface area contributed by atoms with Crippen LogP contribution in [0.2, 0.25) is 0 Å². The molecule has 1 fully saturated rings. The summed E-state index contributed by atoms with van der Waals surface area (Å²) in [5.74, 6) is 0.687. The van der Waals surface area contributed by atoms with Crippen molar-refractivity contribution in [3.05, 3.63) is 77.7 Å². The van der Waals surface area contributed by atoms with E-state index >= 15 is 0 Å². The van der Waals surface area contributed by atoms with Crippen LogP contribution in [0.5, 0.6) is 0 Å². The van der Waals surface area contributed by atoms with Gasteiger partial charge in [0.05, 0.1) is 16.8 Å². The first-order valence-electron chi connectivity index (χ1n) is 11.9. The summed E-state index contributed by atoms with van der Waals surface area (Å²) in [4.78, 5) is 10.0. The topological polar surface area (TPSA) is 92.9 Å². The Balaban J connectivity index is 1.37. The maximum Gasteiger partial charge on any atom is 0.139 e. The fourth-order valence-electron chi connectivity index (χ4n) is 4.85. The van der Waals surface area contributed by atoms with Crippen molar-refractivity contribution < 1.29 is 4.42 Å². The third-order valence-corrected chi connectivity index (χ3v) is 6.80. The largest absolute Gasteiger partial charge is 0.456 e. The van der Waals surface area contributed by atoms with Crippen molar-refractivity contribution >= 4 is 33.2 Å². The molecule has 0 amide bonds. The number of piperazine rings is 1. The number of rotatable bonds is 5. The van der Waals surface area contributed by atoms with E-state index < -0.39 is 0 Å². The Morgan fingerprint density at radius 3 is 2.86 bits per heavy atom. The average Bonchev–Trinajstić information content (AvgIpc) is 3.54. The summed E-state index contributed by atoms with van der Waals surface area (Å²) in [6, 6.07) is 16.8. The van der Waals surface area contributed by atoms with E-state index in [-0.39, 0.29) is 0 Å². The number of pyridine rings is 1. The number of benzene rings is 2. The Bertz CT molecular complexity index is 1570. The van der Waals surface area contributed by atoms with Gasteiger partial charge in [0.1, 0.15) is 17.4 Å². The van der Waals surface area contributed by atoms with Gasteiger partial charge in [0.25, 0.3) is 0 Å². The summed E-state index contributed by atoms with van der Waals surface area (Å²) in [6.45, 7) is 7.15. The monoisotopic (exact) mass is 462 g/mol. The molecule has 1 saturated heterocycles. The molecule has 0 radical (unpaired) electrons. The predicted octanol–water partition coefficient (Wildman–Crippen LogP) is 5.31. The van der Waals surface area contributed by atoms with Crippen molar-refractivity contribution in [1.82, 2.24) is 20.2 Å². The Morgan fingerprint density at radius 2 is 2.00 bits per heavy atom. The molecule has 0 unspecified atom stereocenters. The van der Waals surface area contributed by atoms with E-state index in [0.717, 1.165) is 71.4 Å². The first-order valence-corrected chi connectivity index (χ1v) is 11.9. The van der Waals surface area contributed by atoms with Gasteiger partial charge >= 0.3 is 0 Å². The van der Waals surface area contributed by atoms with Gasteiger partial charge in [-0.15, -0.1) is 0 Å². The number of H-pyrrole nitrogens is 1. The number of aromatic nitrogens is 2. The number of aryl methyl sites for hydroxylation is 1. The van der Waals surface area contributed by atoms with Gasteiger partial charge in [0.15, 0.2) is 0 Å². The van der Waals surface area contributed by atoms with Crippen LogP contribution in [0.1, 0.15) is 16.7 Å². The van der Waals surface area contributed by atoms with Gasteiger partial charge in [-0.25, -0.2) is 0 Å². The molecular formula is C28H26N6O. The highest BCUT2D eigenvalue weighted by atomic mass is 16.3. The highest BCUT2D eigenvalue weighted by Gasteiger charge is 2.17. The maximum absolute atomic E-state index is 9.83. The molecule has 6 rings (SSSR count). The van der Waals surface area contributed by atoms with Crippen LogP contribution in [0.15, 0.2) is 65.5 Å². The summed E-state index contributed by atoms with van der Waals surface area (Å²) >= 11 is 0. The SMILES string of the molecule is Cc1c(Nc2c(C#N)cncc2-c2cc3ccc(CN4CCNCC4)cc3o2)ccc2[nH]ccc12. The lowest BCUT2D eigenvalue weighted by Crippen LogP contribution is -2.42. The summed E-state index contributed by atoms with van der Waals surface area (Å²) in [5, 5.41) is 18.9. The number of nitrogens with one attached hydrogen (secondary N) is 3. The Labute approximate surface area is 203 Å². The predicted molar refractivity (Wildman–Crippen MR) is 139 cm³/mol. The number of nitrogens with zero attached hydrogens (tertiary/aromatic N) is 3. The van der Waals surface area contributed by atoms with Crippen LogP contribution in [0.4, 0.5) is 11.4 Å². The minimum absolute atomic E-state index is 0.468. The number of aromatic amines is 1. The third kappa shape index (κ3) is 4.03. The molecule has 0 spiro atoms. The van der Waals surface area contributed by atoms with E-state index in [9.17, 15) is 5.26 Å². The lowest BCUT2D eigenvalue weighted by atomic mass is 10.1. The summed E-state index contributed by atoms with van der Waals surface area (Å²) in [6.07, 6.45) is 5.28. The molecule has 174 valence electrons. The van der Waals surface area contributed by atoms with Crippen molar-refractivity contribution in [3.8, 4) is 17.4 Å². The minimum Gasteiger partial charge on any atom is -0.456 e. The third-order valence-electron chi connectivity index (χ3n) is 6.80. The van der Waals surface area contributed by atoms with Crippen LogP contribution in [-0.2, 0) is 6.54 Å². The Hall–Kier alpha value is -4.12. The second-order valence-electron chi connectivity index (χ2n) is 9.03. The van der Waals surface area contributed by atoms with Crippen molar-refractivity contribution in [2.45, 2.75) is 13.5 Å². The van der Waals surface area contributed by atoms with Crippen LogP contribution in [-0.4, -0.2) is 41.0 Å². The zero-order chi connectivity index (χ0) is 23.8. The van der Waals surface area contributed by atoms with Crippen LogP contribution in [0, 0.1) is 18.3 Å². The van der Waals surface area contributed by atoms with Gasteiger partial charge in [-0.05, 0) is 48.4 Å². The molecule has 7 nitrogen and oxygen atoms in total. The zero-order valence-corrected chi connectivity index (χ0v) is 19.6.